The van der Waals surface area contributed by atoms with Crippen molar-refractivity contribution in [2.24, 2.45) is 0 Å². The van der Waals surface area contributed by atoms with E-state index < -0.39 is 5.97 Å². The number of carboxylic acid groups (broad SMARTS) is 1. The highest BCUT2D eigenvalue weighted by Gasteiger charge is 2.07. The smallest absolute Gasteiger partial charge is 0.356 e. The van der Waals surface area contributed by atoms with E-state index in [2.05, 4.69) is 15.3 Å². The predicted molar refractivity (Wildman–Crippen MR) is 68.5 cm³/mol. The number of anilines is 2. The summed E-state index contributed by atoms with van der Waals surface area (Å²) < 4.78 is 0. The molecule has 1 aromatic heterocycles. The maximum Gasteiger partial charge on any atom is 0.356 e. The number of nitrogens with zero attached hydrogens (tertiary/aromatic N) is 2. The predicted octanol–water partition coefficient (Wildman–Crippen LogP) is 2.88. The summed E-state index contributed by atoms with van der Waals surface area (Å²) in [4.78, 5) is 18.5. The molecule has 2 aromatic rings. The van der Waals surface area contributed by atoms with E-state index in [-0.39, 0.29) is 5.69 Å². The van der Waals surface area contributed by atoms with Crippen molar-refractivity contribution in [3.05, 3.63) is 46.9 Å². The van der Waals surface area contributed by atoms with Crippen LogP contribution in [-0.2, 0) is 0 Å². The molecule has 0 amide bonds. The molecule has 0 aliphatic rings. The first-order chi connectivity index (χ1) is 8.58. The minimum Gasteiger partial charge on any atom is -0.476 e. The number of hydrogen-bond acceptors (Lipinski definition) is 4. The molecule has 0 aliphatic carbocycles. The van der Waals surface area contributed by atoms with Gasteiger partial charge in [0.2, 0.25) is 0 Å². The lowest BCUT2D eigenvalue weighted by Gasteiger charge is -2.09. The highest BCUT2D eigenvalue weighted by molar-refractivity contribution is 6.31. The van der Waals surface area contributed by atoms with Crippen LogP contribution in [0, 0.1) is 6.92 Å². The molecular weight excluding hydrogens is 254 g/mol. The molecule has 0 bridgehead atoms. The summed E-state index contributed by atoms with van der Waals surface area (Å²) >= 11 is 5.99. The minimum absolute atomic E-state index is 0.111. The van der Waals surface area contributed by atoms with Crippen LogP contribution in [-0.4, -0.2) is 21.0 Å². The fourth-order valence-electron chi connectivity index (χ4n) is 1.41. The SMILES string of the molecule is Cc1c(Cl)cccc1Nc1cncc(C(=O)O)n1. The molecule has 0 unspecified atom stereocenters. The third-order valence-electron chi connectivity index (χ3n) is 2.38. The molecule has 2 rings (SSSR count). The van der Waals surface area contributed by atoms with Gasteiger partial charge in [0.05, 0.1) is 12.4 Å². The molecule has 0 atom stereocenters. The van der Waals surface area contributed by atoms with E-state index in [9.17, 15) is 4.79 Å². The summed E-state index contributed by atoms with van der Waals surface area (Å²) in [5.41, 5.74) is 1.51. The quantitative estimate of drug-likeness (QED) is 0.891. The van der Waals surface area contributed by atoms with Crippen LogP contribution in [0.5, 0.6) is 0 Å². The Morgan fingerprint density at radius 2 is 2.17 bits per heavy atom. The summed E-state index contributed by atoms with van der Waals surface area (Å²) in [7, 11) is 0. The molecule has 5 nitrogen and oxygen atoms in total. The zero-order valence-electron chi connectivity index (χ0n) is 9.51. The van der Waals surface area contributed by atoms with E-state index in [0.29, 0.717) is 10.8 Å². The molecule has 2 N–H and O–H groups in total. The molecule has 0 aliphatic heterocycles. The number of carboxylic acids is 1. The first kappa shape index (κ1) is 12.3. The van der Waals surface area contributed by atoms with Crippen molar-refractivity contribution in [2.75, 3.05) is 5.32 Å². The Labute approximate surface area is 108 Å². The summed E-state index contributed by atoms with van der Waals surface area (Å²) in [6.07, 6.45) is 2.64. The molecule has 0 saturated carbocycles. The average Bonchev–Trinajstić information content (AvgIpc) is 2.35. The zero-order chi connectivity index (χ0) is 13.1. The molecule has 92 valence electrons. The Morgan fingerprint density at radius 3 is 2.89 bits per heavy atom. The van der Waals surface area contributed by atoms with Crippen LogP contribution in [0.4, 0.5) is 11.5 Å². The standard InChI is InChI=1S/C12H10ClN3O2/c1-7-8(13)3-2-4-9(7)15-11-6-14-5-10(16-11)12(17)18/h2-6H,1H3,(H,15,16)(H,17,18). The normalized spacial score (nSPS) is 10.1. The monoisotopic (exact) mass is 263 g/mol. The lowest BCUT2D eigenvalue weighted by molar-refractivity contribution is 0.0690. The topological polar surface area (TPSA) is 75.1 Å². The van der Waals surface area contributed by atoms with Gasteiger partial charge in [-0.05, 0) is 24.6 Å². The van der Waals surface area contributed by atoms with Crippen LogP contribution in [0.3, 0.4) is 0 Å². The Bertz CT molecular complexity index is 602. The second-order valence-corrected chi connectivity index (χ2v) is 4.04. The summed E-state index contributed by atoms with van der Waals surface area (Å²) in [5.74, 6) is -0.755. The lowest BCUT2D eigenvalue weighted by atomic mass is 10.2. The Hall–Kier alpha value is -2.14. The molecule has 18 heavy (non-hydrogen) atoms. The van der Waals surface area contributed by atoms with Crippen molar-refractivity contribution >= 4 is 29.1 Å². The van der Waals surface area contributed by atoms with Crippen molar-refractivity contribution in [1.82, 2.24) is 9.97 Å². The largest absolute Gasteiger partial charge is 0.476 e. The fourth-order valence-corrected chi connectivity index (χ4v) is 1.58. The van der Waals surface area contributed by atoms with Crippen LogP contribution >= 0.6 is 11.6 Å². The molecule has 1 heterocycles. The van der Waals surface area contributed by atoms with Crippen LogP contribution in [0.1, 0.15) is 16.1 Å². The Balaban J connectivity index is 2.31. The zero-order valence-corrected chi connectivity index (χ0v) is 10.3. The van der Waals surface area contributed by atoms with Crippen molar-refractivity contribution in [3.63, 3.8) is 0 Å². The molecule has 6 heteroatoms. The summed E-state index contributed by atoms with van der Waals surface area (Å²) in [6, 6.07) is 5.41. The van der Waals surface area contributed by atoms with Gasteiger partial charge in [0.1, 0.15) is 5.82 Å². The number of carbonyl (C=O) groups is 1. The van der Waals surface area contributed by atoms with Crippen LogP contribution < -0.4 is 5.32 Å². The highest BCUT2D eigenvalue weighted by atomic mass is 35.5. The van der Waals surface area contributed by atoms with Gasteiger partial charge in [-0.15, -0.1) is 0 Å². The third-order valence-corrected chi connectivity index (χ3v) is 2.79. The second-order valence-electron chi connectivity index (χ2n) is 3.63. The van der Waals surface area contributed by atoms with Gasteiger partial charge in [-0.1, -0.05) is 17.7 Å². The Kier molecular flexibility index (Phi) is 3.43. The first-order valence-electron chi connectivity index (χ1n) is 5.15. The van der Waals surface area contributed by atoms with Crippen molar-refractivity contribution in [2.45, 2.75) is 6.92 Å². The van der Waals surface area contributed by atoms with E-state index in [0.717, 1.165) is 11.3 Å². The third kappa shape index (κ3) is 2.57. The maximum atomic E-state index is 10.8. The molecule has 0 saturated heterocycles. The molecular formula is C12H10ClN3O2. The summed E-state index contributed by atoms with van der Waals surface area (Å²) in [5, 5.41) is 12.4. The number of aromatic nitrogens is 2. The van der Waals surface area contributed by atoms with Gasteiger partial charge in [-0.25, -0.2) is 9.78 Å². The van der Waals surface area contributed by atoms with E-state index in [1.807, 2.05) is 13.0 Å². The van der Waals surface area contributed by atoms with Crippen molar-refractivity contribution in [3.8, 4) is 0 Å². The highest BCUT2D eigenvalue weighted by Crippen LogP contribution is 2.25. The van der Waals surface area contributed by atoms with Gasteiger partial charge in [-0.2, -0.15) is 0 Å². The molecule has 0 fully saturated rings. The number of halogens is 1. The van der Waals surface area contributed by atoms with Gasteiger partial charge in [0.25, 0.3) is 0 Å². The number of hydrogen-bond donors (Lipinski definition) is 2. The van der Waals surface area contributed by atoms with Crippen LogP contribution in [0.25, 0.3) is 0 Å². The number of aromatic carboxylic acids is 1. The van der Waals surface area contributed by atoms with Gasteiger partial charge in [0.15, 0.2) is 5.69 Å². The average molecular weight is 264 g/mol. The van der Waals surface area contributed by atoms with Gasteiger partial charge in [-0.3, -0.25) is 4.98 Å². The fraction of sp³-hybridized carbons (Fsp3) is 0.0833. The van der Waals surface area contributed by atoms with Crippen molar-refractivity contribution < 1.29 is 9.90 Å². The number of nitrogens with one attached hydrogen (secondary N) is 1. The van der Waals surface area contributed by atoms with Gasteiger partial charge < -0.3 is 10.4 Å². The first-order valence-corrected chi connectivity index (χ1v) is 5.53. The molecule has 1 aromatic carbocycles. The molecule has 0 spiro atoms. The maximum absolute atomic E-state index is 10.8. The van der Waals surface area contributed by atoms with Gasteiger partial charge >= 0.3 is 5.97 Å². The minimum atomic E-state index is -1.12. The Morgan fingerprint density at radius 1 is 1.39 bits per heavy atom. The van der Waals surface area contributed by atoms with Crippen LogP contribution in [0.15, 0.2) is 30.6 Å². The van der Waals surface area contributed by atoms with E-state index in [4.69, 9.17) is 16.7 Å². The lowest BCUT2D eigenvalue weighted by Crippen LogP contribution is -2.04. The van der Waals surface area contributed by atoms with Crippen LogP contribution in [0.2, 0.25) is 5.02 Å². The number of benzene rings is 1. The van der Waals surface area contributed by atoms with E-state index in [1.165, 1.54) is 12.4 Å². The van der Waals surface area contributed by atoms with Gasteiger partial charge in [0, 0.05) is 10.7 Å². The summed E-state index contributed by atoms with van der Waals surface area (Å²) in [6.45, 7) is 1.86. The van der Waals surface area contributed by atoms with Crippen molar-refractivity contribution in [1.29, 1.82) is 0 Å². The number of rotatable bonds is 3. The van der Waals surface area contributed by atoms with E-state index in [1.54, 1.807) is 12.1 Å². The second kappa shape index (κ2) is 5.01. The molecule has 0 radical (unpaired) electrons. The van der Waals surface area contributed by atoms with E-state index >= 15 is 0 Å².